The van der Waals surface area contributed by atoms with Gasteiger partial charge in [0.15, 0.2) is 0 Å². The molecule has 0 aliphatic carbocycles. The average molecular weight is 1410 g/mol. The van der Waals surface area contributed by atoms with Crippen LogP contribution in [0.4, 0.5) is 0 Å². The zero-order valence-electron chi connectivity index (χ0n) is 52.9. The zero-order valence-corrected chi connectivity index (χ0v) is 63.5. The van der Waals surface area contributed by atoms with Crippen molar-refractivity contribution in [2.75, 3.05) is 0 Å². The van der Waals surface area contributed by atoms with Gasteiger partial charge in [-0.25, -0.2) is 0 Å². The molecule has 6 aromatic heterocycles. The van der Waals surface area contributed by atoms with E-state index in [2.05, 4.69) is 186 Å². The summed E-state index contributed by atoms with van der Waals surface area (Å²) >= 11 is 7.91. The van der Waals surface area contributed by atoms with Gasteiger partial charge in [-0.15, -0.1) is 0 Å². The van der Waals surface area contributed by atoms with Gasteiger partial charge >= 0.3 is 531 Å². The Morgan fingerprint density at radius 1 is 0.237 bits per heavy atom. The van der Waals surface area contributed by atoms with Gasteiger partial charge in [-0.2, -0.15) is 0 Å². The Morgan fingerprint density at radius 2 is 0.487 bits per heavy atom. The third-order valence-electron chi connectivity index (χ3n) is 17.9. The summed E-state index contributed by atoms with van der Waals surface area (Å²) in [7, 11) is 0. The van der Waals surface area contributed by atoms with Gasteiger partial charge in [0.05, 0.1) is 0 Å². The Bertz CT molecular complexity index is 2370. The van der Waals surface area contributed by atoms with E-state index in [-0.39, 0.29) is 0 Å². The predicted octanol–water partition coefficient (Wildman–Crippen LogP) is 27.0. The van der Waals surface area contributed by atoms with Gasteiger partial charge < -0.3 is 0 Å². The molecular formula is C72H114S6Sn2. The van der Waals surface area contributed by atoms with Crippen LogP contribution in [0.5, 0.6) is 0 Å². The summed E-state index contributed by atoms with van der Waals surface area (Å²) in [5.74, 6) is 0. The normalized spacial score (nSPS) is 12.3. The van der Waals surface area contributed by atoms with Crippen LogP contribution in [-0.2, 0) is 25.7 Å². The number of rotatable bonds is 45. The average Bonchev–Trinajstić information content (AvgIpc) is 4.38. The first-order valence-electron chi connectivity index (χ1n) is 33.9. The molecular weight excluding hydrogens is 1290 g/mol. The molecule has 446 valence electrons. The summed E-state index contributed by atoms with van der Waals surface area (Å²) in [6.45, 7) is 24.1. The molecule has 0 saturated carbocycles. The van der Waals surface area contributed by atoms with Crippen LogP contribution in [-0.4, -0.2) is 36.8 Å². The molecule has 0 bridgehead atoms. The monoisotopic (exact) mass is 1410 g/mol. The number of unbranched alkanes of at least 4 members (excludes halogenated alkanes) is 18. The Morgan fingerprint density at radius 3 is 0.762 bits per heavy atom. The molecule has 6 rings (SSSR count). The van der Waals surface area contributed by atoms with Crippen molar-refractivity contribution in [1.82, 2.24) is 0 Å². The van der Waals surface area contributed by atoms with Gasteiger partial charge in [-0.05, 0) is 0 Å². The van der Waals surface area contributed by atoms with Crippen molar-refractivity contribution in [2.45, 2.75) is 301 Å². The molecule has 0 spiro atoms. The van der Waals surface area contributed by atoms with Crippen molar-refractivity contribution in [2.24, 2.45) is 0 Å². The number of thiophene rings is 6. The molecule has 0 amide bonds. The van der Waals surface area contributed by atoms with Gasteiger partial charge in [0.1, 0.15) is 0 Å². The Labute approximate surface area is 525 Å². The molecule has 0 aliphatic rings. The minimum atomic E-state index is -2.62. The SMILES string of the molecule is CCCCCCc1cc(-c2s[c]([Sn]([CH2]CCC)([CH2]CCC)[CH2]CCC)cc2CCCCCC)sc1-c1ccc(-c2ccc(-c3sc(-c4s[c]([Sn]([CH2]CCC)([CH2]CCC)[CH2]CCC)cc4CCCCCC)cc3CCCCCC)s2)s1. The van der Waals surface area contributed by atoms with Crippen LogP contribution in [0.2, 0.25) is 26.6 Å². The van der Waals surface area contributed by atoms with Crippen LogP contribution < -0.4 is 5.79 Å². The second-order valence-corrected chi connectivity index (χ2v) is 59.3. The van der Waals surface area contributed by atoms with Crippen LogP contribution >= 0.6 is 68.0 Å². The Hall–Kier alpha value is -0.203. The molecule has 0 unspecified atom stereocenters. The van der Waals surface area contributed by atoms with E-state index in [9.17, 15) is 0 Å². The van der Waals surface area contributed by atoms with Crippen LogP contribution in [0.3, 0.4) is 0 Å². The molecule has 0 radical (unpaired) electrons. The van der Waals surface area contributed by atoms with E-state index >= 15 is 0 Å². The minimum absolute atomic E-state index is 1.20. The second kappa shape index (κ2) is 38.2. The molecule has 6 heterocycles. The fourth-order valence-electron chi connectivity index (χ4n) is 12.8. The van der Waals surface area contributed by atoms with E-state index in [1.165, 1.54) is 225 Å². The molecule has 0 fully saturated rings. The summed E-state index contributed by atoms with van der Waals surface area (Å²) in [5, 5.41) is 0. The van der Waals surface area contributed by atoms with E-state index in [1.54, 1.807) is 78.1 Å². The molecule has 0 saturated heterocycles. The molecule has 0 N–H and O–H groups in total. The quantitative estimate of drug-likeness (QED) is 0.0264. The van der Waals surface area contributed by atoms with Crippen LogP contribution in [0.25, 0.3) is 48.8 Å². The molecule has 0 aliphatic heterocycles. The first-order chi connectivity index (χ1) is 39.2. The maximum absolute atomic E-state index is 2.86. The summed E-state index contributed by atoms with van der Waals surface area (Å²) in [6, 6.07) is 21.2. The van der Waals surface area contributed by atoms with Gasteiger partial charge in [0, 0.05) is 0 Å². The molecule has 0 atom stereocenters. The first kappa shape index (κ1) is 68.9. The van der Waals surface area contributed by atoms with Crippen molar-refractivity contribution in [3.05, 3.63) is 70.8 Å². The van der Waals surface area contributed by atoms with Crippen molar-refractivity contribution >= 4 is 111 Å². The van der Waals surface area contributed by atoms with Crippen LogP contribution in [0.1, 0.15) is 271 Å². The third kappa shape index (κ3) is 19.9. The van der Waals surface area contributed by atoms with Crippen molar-refractivity contribution in [3.63, 3.8) is 0 Å². The van der Waals surface area contributed by atoms with Gasteiger partial charge in [0.25, 0.3) is 0 Å². The third-order valence-corrected chi connectivity index (χ3v) is 62.1. The second-order valence-electron chi connectivity index (χ2n) is 24.6. The van der Waals surface area contributed by atoms with Crippen molar-refractivity contribution in [1.29, 1.82) is 0 Å². The fourth-order valence-corrected chi connectivity index (χ4v) is 58.7. The molecule has 8 heteroatoms. The predicted molar refractivity (Wildman–Crippen MR) is 381 cm³/mol. The number of hydrogen-bond acceptors (Lipinski definition) is 6. The van der Waals surface area contributed by atoms with Crippen molar-refractivity contribution < 1.29 is 0 Å². The summed E-state index contributed by atoms with van der Waals surface area (Å²) in [5.41, 5.74) is 6.66. The van der Waals surface area contributed by atoms with Crippen LogP contribution in [0.15, 0.2) is 48.5 Å². The Kier molecular flexibility index (Phi) is 32.9. The molecule has 6 aromatic rings. The van der Waals surface area contributed by atoms with Gasteiger partial charge in [-0.1, -0.05) is 0 Å². The number of aryl methyl sites for hydroxylation is 4. The molecule has 0 aromatic carbocycles. The maximum atomic E-state index is 2.86. The zero-order chi connectivity index (χ0) is 57.0. The molecule has 0 nitrogen and oxygen atoms in total. The van der Waals surface area contributed by atoms with E-state index in [4.69, 9.17) is 0 Å². The van der Waals surface area contributed by atoms with E-state index in [0.717, 1.165) is 0 Å². The van der Waals surface area contributed by atoms with E-state index in [0.29, 0.717) is 0 Å². The number of hydrogen-bond donors (Lipinski definition) is 0. The fraction of sp³-hybridized carbons (Fsp3) is 0.667. The summed E-state index contributed by atoms with van der Waals surface area (Å²) < 4.78 is 13.2. The van der Waals surface area contributed by atoms with E-state index < -0.39 is 36.8 Å². The topological polar surface area (TPSA) is 0 Å². The standard InChI is InChI=1S/C48H60S6.6C4H9.2Sn/c1-5-9-13-17-21-35-29-31-49-45(35)43-33-37(23-19-15-11-7-3)47(53-43)41-27-25-39(51-41)40-26-28-42(52-40)48-38(24-20-16-12-8-4)34-44(54-48)46-36(30-32-50-46)22-18-14-10-6-2;6*1-3-4-2;;/h25-30,33-34H,5-24H2,1-4H3;6*1,3-4H2,2H3;;. The molecule has 80 heavy (non-hydrogen) atoms. The van der Waals surface area contributed by atoms with Crippen molar-refractivity contribution in [3.8, 4) is 48.8 Å². The Balaban J connectivity index is 1.41. The van der Waals surface area contributed by atoms with Crippen LogP contribution in [0, 0.1) is 0 Å². The van der Waals surface area contributed by atoms with E-state index in [1.807, 2.05) is 5.79 Å². The summed E-state index contributed by atoms with van der Waals surface area (Å²) in [6.07, 6.45) is 42.9. The van der Waals surface area contributed by atoms with Gasteiger partial charge in [-0.3, -0.25) is 0 Å². The first-order valence-corrected chi connectivity index (χ1v) is 53.8. The summed E-state index contributed by atoms with van der Waals surface area (Å²) in [4.78, 5) is 15.5. The van der Waals surface area contributed by atoms with Gasteiger partial charge in [0.2, 0.25) is 0 Å².